The van der Waals surface area contributed by atoms with Crippen LogP contribution in [0.25, 0.3) is 34.4 Å². The molecule has 0 saturated carbocycles. The molecule has 2 unspecified atom stereocenters. The molecule has 328 valence electrons. The van der Waals surface area contributed by atoms with Crippen molar-refractivity contribution in [2.75, 3.05) is 0 Å². The first-order chi connectivity index (χ1) is 28.7. The number of rotatable bonds is 16. The van der Waals surface area contributed by atoms with Gasteiger partial charge in [-0.25, -0.2) is 0 Å². The molecule has 0 aromatic heterocycles. The lowest BCUT2D eigenvalue weighted by Gasteiger charge is -2.28. The Kier molecular flexibility index (Phi) is 14.8. The molecule has 0 fully saturated rings. The lowest BCUT2D eigenvalue weighted by atomic mass is 9.77. The fourth-order valence-electron chi connectivity index (χ4n) is 10.5. The Balaban J connectivity index is 1.42. The number of allylic oxidation sites excluding steroid dienone is 2. The molecule has 0 bridgehead atoms. The summed E-state index contributed by atoms with van der Waals surface area (Å²) in [5, 5.41) is 0. The molecule has 61 heavy (non-hydrogen) atoms. The summed E-state index contributed by atoms with van der Waals surface area (Å²) >= 11 is 0. The van der Waals surface area contributed by atoms with Crippen molar-refractivity contribution in [2.24, 2.45) is 0 Å². The predicted octanol–water partition coefficient (Wildman–Crippen LogP) is 18.2. The first-order valence-electron chi connectivity index (χ1n) is 24.8. The summed E-state index contributed by atoms with van der Waals surface area (Å²) in [5.74, 6) is 3.09. The van der Waals surface area contributed by atoms with Gasteiger partial charge < -0.3 is 0 Å². The molecular formula is C60H84Si. The third-order valence-corrected chi connectivity index (χ3v) is 16.3. The van der Waals surface area contributed by atoms with Crippen molar-refractivity contribution < 1.29 is 0 Å². The predicted molar refractivity (Wildman–Crippen MR) is 276 cm³/mol. The van der Waals surface area contributed by atoms with Crippen LogP contribution < -0.4 is 0 Å². The lowest BCUT2D eigenvalue weighted by Crippen LogP contribution is -2.15. The zero-order valence-electron chi connectivity index (χ0n) is 41.8. The summed E-state index contributed by atoms with van der Waals surface area (Å²) in [5.41, 5.74) is 24.5. The summed E-state index contributed by atoms with van der Waals surface area (Å²) in [6.45, 7) is 38.1. The number of fused-ring (bicyclic) bond motifs is 2. The Labute approximate surface area is 377 Å². The van der Waals surface area contributed by atoms with E-state index < -0.39 is 9.52 Å². The van der Waals surface area contributed by atoms with E-state index in [-0.39, 0.29) is 10.8 Å². The summed E-state index contributed by atoms with van der Waals surface area (Å²) < 4.78 is 0. The molecule has 0 nitrogen and oxygen atoms in total. The van der Waals surface area contributed by atoms with Crippen molar-refractivity contribution in [3.63, 3.8) is 0 Å². The van der Waals surface area contributed by atoms with Gasteiger partial charge in [0.1, 0.15) is 0 Å². The van der Waals surface area contributed by atoms with Crippen LogP contribution in [0.2, 0.25) is 12.1 Å². The Morgan fingerprint density at radius 3 is 1.08 bits per heavy atom. The zero-order valence-corrected chi connectivity index (χ0v) is 43.2. The van der Waals surface area contributed by atoms with Crippen LogP contribution in [0.15, 0.2) is 71.8 Å². The van der Waals surface area contributed by atoms with E-state index in [0.29, 0.717) is 35.5 Å². The second-order valence-corrected chi connectivity index (χ2v) is 24.4. The van der Waals surface area contributed by atoms with E-state index in [2.05, 4.69) is 184 Å². The van der Waals surface area contributed by atoms with Crippen LogP contribution in [0.5, 0.6) is 0 Å². The van der Waals surface area contributed by atoms with E-state index in [0.717, 1.165) is 0 Å². The number of hydrogen-bond acceptors (Lipinski definition) is 0. The van der Waals surface area contributed by atoms with Crippen molar-refractivity contribution in [1.82, 2.24) is 0 Å². The SMILES string of the molecule is CCCCC1=Cc2c(ccc(C(C)(C)C)c2-c2cc(C(C)C)cc(C(C)C)c2)C1C[SiH2]CC1C(CCCC)=Cc2c1ccc(C(C)(C)C)c2-c1cc(C(C)C)cc(C(C)C)c1. The molecule has 2 aliphatic carbocycles. The second-order valence-electron chi connectivity index (χ2n) is 22.6. The van der Waals surface area contributed by atoms with Gasteiger partial charge in [-0.15, -0.1) is 0 Å². The normalized spacial score (nSPS) is 16.8. The fourth-order valence-corrected chi connectivity index (χ4v) is 12.9. The molecule has 6 rings (SSSR count). The average Bonchev–Trinajstić information content (AvgIpc) is 3.74. The minimum Gasteiger partial charge on any atom is -0.0654 e. The quantitative estimate of drug-likeness (QED) is 0.0987. The fraction of sp³-hybridized carbons (Fsp3) is 0.533. The minimum atomic E-state index is -0.411. The topological polar surface area (TPSA) is 0 Å². The molecule has 0 heterocycles. The Morgan fingerprint density at radius 2 is 0.803 bits per heavy atom. The zero-order chi connectivity index (χ0) is 44.6. The van der Waals surface area contributed by atoms with E-state index in [1.54, 1.807) is 22.3 Å². The Hall–Kier alpha value is -3.42. The molecule has 1 heteroatoms. The highest BCUT2D eigenvalue weighted by Crippen LogP contribution is 2.51. The van der Waals surface area contributed by atoms with Gasteiger partial charge in [0.05, 0.1) is 0 Å². The largest absolute Gasteiger partial charge is 0.0654 e. The van der Waals surface area contributed by atoms with Crippen LogP contribution in [0.3, 0.4) is 0 Å². The molecule has 2 aliphatic rings. The van der Waals surface area contributed by atoms with Crippen molar-refractivity contribution in [1.29, 1.82) is 0 Å². The number of hydrogen-bond donors (Lipinski definition) is 0. The van der Waals surface area contributed by atoms with Gasteiger partial charge >= 0.3 is 0 Å². The Bertz CT molecular complexity index is 2020. The standard InChI is InChI=1S/C60H84Si/c1-17-19-21-41-33-51-49(23-25-55(59(11,12)13)57(51)47-29-43(37(3)4)27-44(30-47)38(5)6)53(41)35-61-36-54-42(22-20-18-2)34-52-50(54)24-26-56(60(14,15)16)58(52)48-31-45(39(7)8)28-46(32-48)40(9)10/h23-34,37-40,53-54H,17-22,35-36,61H2,1-16H3. The smallest absolute Gasteiger partial charge is 0.0218 e. The third kappa shape index (κ3) is 10.2. The molecular weight excluding hydrogens is 749 g/mol. The Morgan fingerprint density at radius 1 is 0.475 bits per heavy atom. The van der Waals surface area contributed by atoms with Gasteiger partial charge in [-0.1, -0.05) is 220 Å². The number of unbranched alkanes of at least 4 members (excludes halogenated alkanes) is 2. The van der Waals surface area contributed by atoms with Crippen LogP contribution in [0.4, 0.5) is 0 Å². The molecule has 0 N–H and O–H groups in total. The maximum absolute atomic E-state index is 2.69. The molecule has 0 amide bonds. The van der Waals surface area contributed by atoms with Crippen LogP contribution in [0.1, 0.15) is 240 Å². The molecule has 2 atom stereocenters. The first kappa shape index (κ1) is 47.1. The maximum atomic E-state index is 2.69. The maximum Gasteiger partial charge on any atom is 0.0218 e. The first-order valence-corrected chi connectivity index (χ1v) is 26.8. The molecule has 0 radical (unpaired) electrons. The summed E-state index contributed by atoms with van der Waals surface area (Å²) in [6.07, 6.45) is 12.9. The van der Waals surface area contributed by atoms with Gasteiger partial charge in [0, 0.05) is 21.4 Å². The van der Waals surface area contributed by atoms with Gasteiger partial charge in [0.15, 0.2) is 0 Å². The average molecular weight is 833 g/mol. The van der Waals surface area contributed by atoms with E-state index in [1.807, 2.05) is 0 Å². The summed E-state index contributed by atoms with van der Waals surface area (Å²) in [6, 6.07) is 28.0. The van der Waals surface area contributed by atoms with Gasteiger partial charge in [-0.2, -0.15) is 0 Å². The van der Waals surface area contributed by atoms with Crippen LogP contribution in [0, 0.1) is 0 Å². The monoisotopic (exact) mass is 833 g/mol. The second kappa shape index (κ2) is 19.1. The summed E-state index contributed by atoms with van der Waals surface area (Å²) in [4.78, 5) is 0. The molecule has 0 spiro atoms. The van der Waals surface area contributed by atoms with Crippen molar-refractivity contribution in [3.8, 4) is 22.3 Å². The molecule has 0 saturated heterocycles. The lowest BCUT2D eigenvalue weighted by molar-refractivity contribution is 0.591. The molecule has 4 aromatic rings. The third-order valence-electron chi connectivity index (χ3n) is 14.3. The van der Waals surface area contributed by atoms with E-state index in [1.165, 1.54) is 117 Å². The highest BCUT2D eigenvalue weighted by molar-refractivity contribution is 6.36. The van der Waals surface area contributed by atoms with Crippen molar-refractivity contribution in [3.05, 3.63) is 127 Å². The van der Waals surface area contributed by atoms with Gasteiger partial charge in [0.2, 0.25) is 0 Å². The molecule has 4 aromatic carbocycles. The van der Waals surface area contributed by atoms with Crippen LogP contribution in [-0.4, -0.2) is 9.52 Å². The van der Waals surface area contributed by atoms with Crippen molar-refractivity contribution >= 4 is 21.7 Å². The minimum absolute atomic E-state index is 0.0513. The van der Waals surface area contributed by atoms with Gasteiger partial charge in [-0.05, 0) is 138 Å². The molecule has 0 aliphatic heterocycles. The van der Waals surface area contributed by atoms with Crippen molar-refractivity contribution in [2.45, 2.75) is 208 Å². The number of benzene rings is 4. The van der Waals surface area contributed by atoms with Crippen LogP contribution in [-0.2, 0) is 10.8 Å². The van der Waals surface area contributed by atoms with E-state index >= 15 is 0 Å². The van der Waals surface area contributed by atoms with Gasteiger partial charge in [0.25, 0.3) is 0 Å². The summed E-state index contributed by atoms with van der Waals surface area (Å²) in [7, 11) is -0.411. The van der Waals surface area contributed by atoms with Crippen LogP contribution >= 0.6 is 0 Å². The highest BCUT2D eigenvalue weighted by Gasteiger charge is 2.34. The van der Waals surface area contributed by atoms with Gasteiger partial charge in [-0.3, -0.25) is 0 Å². The highest BCUT2D eigenvalue weighted by atomic mass is 28.2. The van der Waals surface area contributed by atoms with E-state index in [4.69, 9.17) is 0 Å². The van der Waals surface area contributed by atoms with E-state index in [9.17, 15) is 0 Å².